The molecule has 1 aromatic heterocycles. The summed E-state index contributed by atoms with van der Waals surface area (Å²) >= 11 is 6.74. The van der Waals surface area contributed by atoms with Crippen LogP contribution in [0.3, 0.4) is 0 Å². The van der Waals surface area contributed by atoms with Gasteiger partial charge < -0.3 is 0 Å². The highest BCUT2D eigenvalue weighted by molar-refractivity contribution is 7.91. The van der Waals surface area contributed by atoms with Crippen LogP contribution >= 0.6 is 22.9 Å². The Kier molecular flexibility index (Phi) is 6.63. The molecule has 6 nitrogen and oxygen atoms in total. The largest absolute Gasteiger partial charge is 0.250 e. The van der Waals surface area contributed by atoms with Crippen molar-refractivity contribution in [3.8, 4) is 0 Å². The number of hydrogen-bond donors (Lipinski definition) is 2. The van der Waals surface area contributed by atoms with Gasteiger partial charge in [-0.15, -0.1) is 11.3 Å². The molecule has 0 atom stereocenters. The van der Waals surface area contributed by atoms with E-state index in [1.165, 1.54) is 12.1 Å². The van der Waals surface area contributed by atoms with Gasteiger partial charge in [-0.05, 0) is 37.1 Å². The molecule has 0 radical (unpaired) electrons. The van der Waals surface area contributed by atoms with Gasteiger partial charge in [0.05, 0.1) is 10.1 Å². The number of sulfonamides is 2. The van der Waals surface area contributed by atoms with E-state index >= 15 is 0 Å². The Balaban J connectivity index is 1.99. The van der Waals surface area contributed by atoms with Crippen LogP contribution in [0.5, 0.6) is 0 Å². The molecule has 0 spiro atoms. The van der Waals surface area contributed by atoms with Gasteiger partial charge in [-0.2, -0.15) is 0 Å². The summed E-state index contributed by atoms with van der Waals surface area (Å²) in [5.74, 6) is -0.120. The first-order chi connectivity index (χ1) is 11.6. The fraction of sp³-hybridized carbons (Fsp3) is 0.333. The topological polar surface area (TPSA) is 92.3 Å². The number of halogens is 1. The van der Waals surface area contributed by atoms with Crippen molar-refractivity contribution in [2.45, 2.75) is 36.4 Å². The van der Waals surface area contributed by atoms with Crippen LogP contribution in [-0.2, 0) is 32.3 Å². The molecule has 2 rings (SSSR count). The molecule has 0 saturated heterocycles. The minimum Gasteiger partial charge on any atom is -0.212 e. The third-order valence-corrected chi connectivity index (χ3v) is 7.74. The third-order valence-electron chi connectivity index (χ3n) is 3.07. The van der Waals surface area contributed by atoms with E-state index in [1.807, 2.05) is 0 Å². The second-order valence-corrected chi connectivity index (χ2v) is 11.2. The zero-order valence-electron chi connectivity index (χ0n) is 13.7. The molecular formula is C15H19ClN2O4S3. The highest BCUT2D eigenvalue weighted by atomic mass is 35.5. The molecule has 25 heavy (non-hydrogen) atoms. The molecule has 0 aliphatic rings. The van der Waals surface area contributed by atoms with E-state index in [9.17, 15) is 16.8 Å². The first-order valence-corrected chi connectivity index (χ1v) is 11.7. The zero-order chi connectivity index (χ0) is 18.7. The van der Waals surface area contributed by atoms with Gasteiger partial charge >= 0.3 is 0 Å². The average Bonchev–Trinajstić information content (AvgIpc) is 2.92. The van der Waals surface area contributed by atoms with Crippen LogP contribution in [-0.4, -0.2) is 22.9 Å². The summed E-state index contributed by atoms with van der Waals surface area (Å²) in [5, 5.41) is 0. The molecule has 10 heteroatoms. The predicted molar refractivity (Wildman–Crippen MR) is 101 cm³/mol. The maximum absolute atomic E-state index is 12.1. The monoisotopic (exact) mass is 422 g/mol. The van der Waals surface area contributed by atoms with Gasteiger partial charge in [0, 0.05) is 12.6 Å². The van der Waals surface area contributed by atoms with E-state index in [4.69, 9.17) is 11.6 Å². The minimum absolute atomic E-state index is 0.106. The molecule has 0 bridgehead atoms. The van der Waals surface area contributed by atoms with Crippen LogP contribution in [0.15, 0.2) is 40.6 Å². The summed E-state index contributed by atoms with van der Waals surface area (Å²) in [4.78, 5) is 0. The smallest absolute Gasteiger partial charge is 0.212 e. The molecule has 0 fully saturated rings. The Morgan fingerprint density at radius 1 is 1.00 bits per heavy atom. The molecular weight excluding hydrogens is 404 g/mol. The number of thiophene rings is 1. The van der Waals surface area contributed by atoms with Gasteiger partial charge in [0.25, 0.3) is 0 Å². The molecule has 0 saturated carbocycles. The van der Waals surface area contributed by atoms with Crippen molar-refractivity contribution in [3.05, 3.63) is 51.9 Å². The maximum atomic E-state index is 12.1. The van der Waals surface area contributed by atoms with Crippen molar-refractivity contribution < 1.29 is 16.8 Å². The molecule has 1 heterocycles. The second kappa shape index (κ2) is 8.15. The number of hydrogen-bond acceptors (Lipinski definition) is 5. The molecule has 1 aromatic carbocycles. The zero-order valence-corrected chi connectivity index (χ0v) is 16.9. The lowest BCUT2D eigenvalue weighted by Crippen LogP contribution is -2.31. The van der Waals surface area contributed by atoms with Crippen LogP contribution in [0.2, 0.25) is 4.34 Å². The summed E-state index contributed by atoms with van der Waals surface area (Å²) < 4.78 is 53.6. The summed E-state index contributed by atoms with van der Waals surface area (Å²) in [6.45, 7) is 3.62. The lowest BCUT2D eigenvalue weighted by molar-refractivity contribution is 0.569. The number of rotatable bonds is 8. The quantitative estimate of drug-likeness (QED) is 0.684. The minimum atomic E-state index is -3.61. The summed E-state index contributed by atoms with van der Waals surface area (Å²) in [6, 6.07) is 9.56. The van der Waals surface area contributed by atoms with Gasteiger partial charge in [-0.1, -0.05) is 35.9 Å². The van der Waals surface area contributed by atoms with Crippen molar-refractivity contribution in [2.75, 3.05) is 0 Å². The molecule has 0 amide bonds. The van der Waals surface area contributed by atoms with Crippen molar-refractivity contribution in [2.24, 2.45) is 0 Å². The van der Waals surface area contributed by atoms with Crippen molar-refractivity contribution in [3.63, 3.8) is 0 Å². The first-order valence-electron chi connectivity index (χ1n) is 7.40. The van der Waals surface area contributed by atoms with Crippen molar-refractivity contribution in [1.29, 1.82) is 0 Å². The molecule has 0 aliphatic carbocycles. The number of nitrogens with one attached hydrogen (secondary N) is 2. The summed E-state index contributed by atoms with van der Waals surface area (Å²) in [7, 11) is -7.00. The van der Waals surface area contributed by atoms with Gasteiger partial charge in [0.15, 0.2) is 0 Å². The maximum Gasteiger partial charge on any atom is 0.250 e. The van der Waals surface area contributed by atoms with Crippen LogP contribution in [0.25, 0.3) is 0 Å². The lowest BCUT2D eigenvalue weighted by atomic mass is 10.1. The third kappa shape index (κ3) is 6.36. The molecule has 138 valence electrons. The normalized spacial score (nSPS) is 12.6. The number of benzene rings is 1. The summed E-state index contributed by atoms with van der Waals surface area (Å²) in [6.07, 6.45) is 0. The molecule has 0 unspecified atom stereocenters. The van der Waals surface area contributed by atoms with E-state index in [0.717, 1.165) is 16.9 Å². The highest BCUT2D eigenvalue weighted by Crippen LogP contribution is 2.25. The average molecular weight is 423 g/mol. The lowest BCUT2D eigenvalue weighted by Gasteiger charge is -2.10. The van der Waals surface area contributed by atoms with Crippen LogP contribution < -0.4 is 9.44 Å². The molecule has 2 N–H and O–H groups in total. The first kappa shape index (κ1) is 20.3. The van der Waals surface area contributed by atoms with E-state index in [0.29, 0.717) is 9.90 Å². The summed E-state index contributed by atoms with van der Waals surface area (Å²) in [5.41, 5.74) is 1.36. The Morgan fingerprint density at radius 3 is 2.12 bits per heavy atom. The van der Waals surface area contributed by atoms with Gasteiger partial charge in [0.2, 0.25) is 20.0 Å². The van der Waals surface area contributed by atoms with Crippen molar-refractivity contribution in [1.82, 2.24) is 9.44 Å². The van der Waals surface area contributed by atoms with Crippen LogP contribution in [0.1, 0.15) is 25.0 Å². The van der Waals surface area contributed by atoms with Crippen molar-refractivity contribution >= 4 is 43.0 Å². The van der Waals surface area contributed by atoms with Gasteiger partial charge in [0.1, 0.15) is 4.21 Å². The predicted octanol–water partition coefficient (Wildman–Crippen LogP) is 2.71. The fourth-order valence-electron chi connectivity index (χ4n) is 2.07. The van der Waals surface area contributed by atoms with E-state index in [1.54, 1.807) is 38.1 Å². The SMILES string of the molecule is CC(C)NS(=O)(=O)Cc1ccc(CNS(=O)(=O)c2ccc(Cl)s2)cc1. The van der Waals surface area contributed by atoms with Crippen LogP contribution in [0.4, 0.5) is 0 Å². The Hall–Kier alpha value is -0.970. The van der Waals surface area contributed by atoms with E-state index in [-0.39, 0.29) is 22.5 Å². The second-order valence-electron chi connectivity index (χ2n) is 5.73. The van der Waals surface area contributed by atoms with Gasteiger partial charge in [-0.25, -0.2) is 26.3 Å². The fourth-order valence-corrected chi connectivity index (χ4v) is 6.04. The van der Waals surface area contributed by atoms with E-state index < -0.39 is 20.0 Å². The molecule has 0 aliphatic heterocycles. The van der Waals surface area contributed by atoms with Gasteiger partial charge in [-0.3, -0.25) is 0 Å². The Bertz CT molecular complexity index is 920. The van der Waals surface area contributed by atoms with Crippen LogP contribution in [0, 0.1) is 0 Å². The molecule has 2 aromatic rings. The Morgan fingerprint density at radius 2 is 1.60 bits per heavy atom. The standard InChI is InChI=1S/C15H19ClN2O4S3/c1-11(2)18-24(19,20)10-13-5-3-12(4-6-13)9-17-25(21,22)15-8-7-14(16)23-15/h3-8,11,17-18H,9-10H2,1-2H3. The highest BCUT2D eigenvalue weighted by Gasteiger charge is 2.16. The Labute approximate surface area is 157 Å². The van der Waals surface area contributed by atoms with E-state index in [2.05, 4.69) is 9.44 Å².